The van der Waals surface area contributed by atoms with Crippen LogP contribution in [0.2, 0.25) is 0 Å². The van der Waals surface area contributed by atoms with E-state index in [2.05, 4.69) is 89.2 Å². The molecule has 2 atom stereocenters. The summed E-state index contributed by atoms with van der Waals surface area (Å²) in [7, 11) is 3.23. The van der Waals surface area contributed by atoms with E-state index in [-0.39, 0.29) is 30.7 Å². The third kappa shape index (κ3) is 8.00. The lowest BCUT2D eigenvalue weighted by Gasteiger charge is -2.51. The van der Waals surface area contributed by atoms with E-state index < -0.39 is 5.41 Å². The molecule has 0 N–H and O–H groups in total. The maximum Gasteiger partial charge on any atom is 0.188 e. The molecule has 0 saturated carbocycles. The molecule has 246 valence electrons. The van der Waals surface area contributed by atoms with E-state index in [1.54, 1.807) is 14.2 Å². The van der Waals surface area contributed by atoms with E-state index >= 15 is 4.79 Å². The number of carbonyl (C=O) groups excluding carboxylic acids is 1. The normalized spacial score (nSPS) is 18.0. The highest BCUT2D eigenvalue weighted by atomic mass is 16.7. The topological polar surface area (TPSA) is 54.0 Å². The van der Waals surface area contributed by atoms with Crippen molar-refractivity contribution in [2.45, 2.75) is 72.6 Å². The monoisotopic (exact) mass is 624 g/mol. The number of hydrogen-bond acceptors (Lipinski definition) is 5. The van der Waals surface area contributed by atoms with Gasteiger partial charge < -0.3 is 18.9 Å². The summed E-state index contributed by atoms with van der Waals surface area (Å²) in [6, 6.07) is 25.0. The number of ketones is 1. The lowest BCUT2D eigenvalue weighted by atomic mass is 9.50. The van der Waals surface area contributed by atoms with Crippen LogP contribution in [0.1, 0.15) is 82.1 Å². The van der Waals surface area contributed by atoms with Gasteiger partial charge in [0.25, 0.3) is 0 Å². The van der Waals surface area contributed by atoms with Gasteiger partial charge in [0.2, 0.25) is 0 Å². The SMILES string of the molecule is CCC(C)(C)C1(C(=O)CCc2ccc(OCOC)cc2)C=CC=C(c2ccc(OCOC)cc2)C1c1ccccc1CCC(C)C. The van der Waals surface area contributed by atoms with Gasteiger partial charge in [-0.05, 0) is 89.1 Å². The molecular formula is C41H52O5. The number of benzene rings is 3. The van der Waals surface area contributed by atoms with Crippen molar-refractivity contribution in [2.75, 3.05) is 27.8 Å². The molecule has 46 heavy (non-hydrogen) atoms. The number of carbonyl (C=O) groups is 1. The maximum absolute atomic E-state index is 15.1. The number of allylic oxidation sites excluding steroid dienone is 4. The Morgan fingerprint density at radius 2 is 1.46 bits per heavy atom. The zero-order chi connectivity index (χ0) is 33.2. The summed E-state index contributed by atoms with van der Waals surface area (Å²) < 4.78 is 21.4. The van der Waals surface area contributed by atoms with Crippen molar-refractivity contribution in [1.82, 2.24) is 0 Å². The lowest BCUT2D eigenvalue weighted by Crippen LogP contribution is -2.49. The van der Waals surface area contributed by atoms with Crippen LogP contribution in [0.4, 0.5) is 0 Å². The second kappa shape index (κ2) is 16.2. The highest BCUT2D eigenvalue weighted by Crippen LogP contribution is 2.60. The average molecular weight is 625 g/mol. The van der Waals surface area contributed by atoms with E-state index in [0.717, 1.165) is 47.5 Å². The number of rotatable bonds is 17. The lowest BCUT2D eigenvalue weighted by molar-refractivity contribution is -0.133. The third-order valence-electron chi connectivity index (χ3n) is 9.66. The first kappa shape index (κ1) is 35.2. The number of ether oxygens (including phenoxy) is 4. The summed E-state index contributed by atoms with van der Waals surface area (Å²) in [4.78, 5) is 15.1. The smallest absolute Gasteiger partial charge is 0.188 e. The summed E-state index contributed by atoms with van der Waals surface area (Å²) in [5.41, 5.74) is 4.84. The molecule has 0 spiro atoms. The minimum absolute atomic E-state index is 0.154. The minimum atomic E-state index is -0.757. The van der Waals surface area contributed by atoms with Gasteiger partial charge in [0.05, 0.1) is 5.41 Å². The first-order valence-corrected chi connectivity index (χ1v) is 16.6. The molecule has 0 amide bonds. The summed E-state index contributed by atoms with van der Waals surface area (Å²) >= 11 is 0. The Morgan fingerprint density at radius 3 is 2.04 bits per heavy atom. The van der Waals surface area contributed by atoms with Crippen molar-refractivity contribution in [3.8, 4) is 11.5 Å². The van der Waals surface area contributed by atoms with Gasteiger partial charge in [-0.15, -0.1) is 0 Å². The van der Waals surface area contributed by atoms with Gasteiger partial charge in [0, 0.05) is 26.6 Å². The fourth-order valence-corrected chi connectivity index (χ4v) is 6.66. The number of Topliss-reactive ketones (excluding diaryl/α,β-unsaturated/α-hetero) is 1. The third-order valence-corrected chi connectivity index (χ3v) is 9.66. The molecule has 2 unspecified atom stereocenters. The van der Waals surface area contributed by atoms with Crippen LogP contribution in [-0.4, -0.2) is 33.6 Å². The zero-order valence-corrected chi connectivity index (χ0v) is 28.8. The number of hydrogen-bond donors (Lipinski definition) is 0. The number of aryl methyl sites for hydroxylation is 2. The molecule has 5 nitrogen and oxygen atoms in total. The average Bonchev–Trinajstić information content (AvgIpc) is 3.08. The Kier molecular flexibility index (Phi) is 12.4. The highest BCUT2D eigenvalue weighted by Gasteiger charge is 2.55. The summed E-state index contributed by atoms with van der Waals surface area (Å²) in [6.07, 6.45) is 10.6. The molecule has 5 heteroatoms. The van der Waals surface area contributed by atoms with Gasteiger partial charge in [0.1, 0.15) is 17.3 Å². The standard InChI is InChI=1S/C41H52O5/c1-8-40(4,5)41(38(42)26-18-31-16-22-34(23-17-31)45-28-43-6)27-11-14-37(33-20-24-35(25-21-33)46-29-44-7)39(41)36-13-10-9-12-32(36)19-15-30(2)3/h9-14,16-17,20-25,27,30,39H,8,15,18-19,26,28-29H2,1-7H3. The van der Waals surface area contributed by atoms with Crippen LogP contribution in [0.3, 0.4) is 0 Å². The van der Waals surface area contributed by atoms with Gasteiger partial charge in [0.15, 0.2) is 13.6 Å². The first-order valence-electron chi connectivity index (χ1n) is 16.6. The predicted octanol–water partition coefficient (Wildman–Crippen LogP) is 9.60. The molecular weight excluding hydrogens is 572 g/mol. The van der Waals surface area contributed by atoms with Crippen molar-refractivity contribution in [2.24, 2.45) is 16.7 Å². The minimum Gasteiger partial charge on any atom is -0.468 e. The Morgan fingerprint density at radius 1 is 0.848 bits per heavy atom. The molecule has 0 saturated heterocycles. The van der Waals surface area contributed by atoms with Crippen molar-refractivity contribution < 1.29 is 23.7 Å². The largest absolute Gasteiger partial charge is 0.468 e. The van der Waals surface area contributed by atoms with Crippen molar-refractivity contribution in [3.05, 3.63) is 113 Å². The molecule has 0 radical (unpaired) electrons. The molecule has 3 aromatic rings. The van der Waals surface area contributed by atoms with Gasteiger partial charge >= 0.3 is 0 Å². The quantitative estimate of drug-likeness (QED) is 0.140. The number of methoxy groups -OCH3 is 2. The summed E-state index contributed by atoms with van der Waals surface area (Å²) in [5, 5.41) is 0. The van der Waals surface area contributed by atoms with Crippen LogP contribution < -0.4 is 9.47 Å². The van der Waals surface area contributed by atoms with Crippen molar-refractivity contribution in [1.29, 1.82) is 0 Å². The first-order chi connectivity index (χ1) is 22.2. The van der Waals surface area contributed by atoms with Crippen molar-refractivity contribution >= 4 is 11.4 Å². The van der Waals surface area contributed by atoms with E-state index in [1.165, 1.54) is 11.1 Å². The fourth-order valence-electron chi connectivity index (χ4n) is 6.66. The van der Waals surface area contributed by atoms with Crippen LogP contribution in [0.25, 0.3) is 5.57 Å². The Hall–Kier alpha value is -3.67. The zero-order valence-electron chi connectivity index (χ0n) is 28.8. The van der Waals surface area contributed by atoms with Crippen LogP contribution in [0, 0.1) is 16.7 Å². The molecule has 1 aliphatic carbocycles. The summed E-state index contributed by atoms with van der Waals surface area (Å²) in [6.45, 7) is 11.7. The molecule has 0 heterocycles. The van der Waals surface area contributed by atoms with E-state index in [9.17, 15) is 0 Å². The fraction of sp³-hybridized carbons (Fsp3) is 0.439. The second-order valence-corrected chi connectivity index (χ2v) is 13.3. The van der Waals surface area contributed by atoms with Gasteiger partial charge in [-0.3, -0.25) is 4.79 Å². The molecule has 1 aliphatic rings. The molecule has 3 aromatic carbocycles. The second-order valence-electron chi connectivity index (χ2n) is 13.3. The predicted molar refractivity (Wildman–Crippen MR) is 187 cm³/mol. The molecule has 4 rings (SSSR count). The Bertz CT molecular complexity index is 1470. The van der Waals surface area contributed by atoms with E-state index in [0.29, 0.717) is 18.8 Å². The maximum atomic E-state index is 15.1. The Balaban J connectivity index is 1.81. The van der Waals surface area contributed by atoms with Gasteiger partial charge in [-0.1, -0.05) is 101 Å². The van der Waals surface area contributed by atoms with Crippen LogP contribution >= 0.6 is 0 Å². The molecule has 0 aromatic heterocycles. The van der Waals surface area contributed by atoms with Gasteiger partial charge in [-0.2, -0.15) is 0 Å². The summed E-state index contributed by atoms with van der Waals surface area (Å²) in [5.74, 6) is 2.20. The Labute approximate surface area is 276 Å². The van der Waals surface area contributed by atoms with Gasteiger partial charge in [-0.25, -0.2) is 0 Å². The molecule has 0 fully saturated rings. The van der Waals surface area contributed by atoms with Crippen LogP contribution in [0.5, 0.6) is 11.5 Å². The molecule has 0 bridgehead atoms. The molecule has 0 aliphatic heterocycles. The van der Waals surface area contributed by atoms with E-state index in [4.69, 9.17) is 18.9 Å². The van der Waals surface area contributed by atoms with Crippen LogP contribution in [0.15, 0.2) is 91.0 Å². The highest BCUT2D eigenvalue weighted by molar-refractivity contribution is 5.94. The van der Waals surface area contributed by atoms with Crippen molar-refractivity contribution in [3.63, 3.8) is 0 Å². The van der Waals surface area contributed by atoms with Crippen LogP contribution in [-0.2, 0) is 27.1 Å². The van der Waals surface area contributed by atoms with E-state index in [1.807, 2.05) is 36.4 Å².